The fraction of sp³-hybridized carbons (Fsp3) is 0.250. The van der Waals surface area contributed by atoms with Gasteiger partial charge in [-0.05, 0) is 37.1 Å². The van der Waals surface area contributed by atoms with Crippen molar-refractivity contribution < 1.29 is 10.0 Å². The molecule has 0 radical (unpaired) electrons. The lowest BCUT2D eigenvalue weighted by Crippen LogP contribution is -1.95. The van der Waals surface area contributed by atoms with Gasteiger partial charge >= 0.3 is 0 Å². The normalized spacial score (nSPS) is 12.1. The van der Waals surface area contributed by atoms with Crippen LogP contribution in [0, 0.1) is 17.0 Å². The maximum absolute atomic E-state index is 10.9. The van der Waals surface area contributed by atoms with Gasteiger partial charge in [0.2, 0.25) is 0 Å². The molecule has 0 bridgehead atoms. The Bertz CT molecular complexity index is 638. The summed E-state index contributed by atoms with van der Waals surface area (Å²) in [6, 6.07) is 12.9. The van der Waals surface area contributed by atoms with Crippen molar-refractivity contribution in [2.75, 3.05) is 0 Å². The summed E-state index contributed by atoms with van der Waals surface area (Å²) in [6.45, 7) is 3.51. The Morgan fingerprint density at radius 1 is 1.24 bits per heavy atom. The van der Waals surface area contributed by atoms with E-state index in [4.69, 9.17) is 0 Å². The molecule has 21 heavy (non-hydrogen) atoms. The molecule has 1 unspecified atom stereocenters. The van der Waals surface area contributed by atoms with Gasteiger partial charge in [-0.1, -0.05) is 24.3 Å². The molecule has 0 amide bonds. The smallest absolute Gasteiger partial charge is 0.272 e. The van der Waals surface area contributed by atoms with Crippen molar-refractivity contribution in [2.45, 2.75) is 30.6 Å². The van der Waals surface area contributed by atoms with Gasteiger partial charge in [-0.3, -0.25) is 10.1 Å². The molecule has 2 aromatic rings. The highest BCUT2D eigenvalue weighted by atomic mass is 32.2. The number of nitrogens with zero attached hydrogens (tertiary/aromatic N) is 1. The van der Waals surface area contributed by atoms with Gasteiger partial charge in [0.1, 0.15) is 0 Å². The molecule has 0 fully saturated rings. The lowest BCUT2D eigenvalue weighted by molar-refractivity contribution is -0.385. The van der Waals surface area contributed by atoms with Crippen LogP contribution >= 0.6 is 11.8 Å². The van der Waals surface area contributed by atoms with Gasteiger partial charge in [0.15, 0.2) is 0 Å². The zero-order chi connectivity index (χ0) is 15.4. The van der Waals surface area contributed by atoms with E-state index in [0.29, 0.717) is 5.75 Å². The van der Waals surface area contributed by atoms with E-state index in [1.165, 1.54) is 6.07 Å². The Kier molecular flexibility index (Phi) is 4.98. The lowest BCUT2D eigenvalue weighted by atomic mass is 10.1. The van der Waals surface area contributed by atoms with Crippen LogP contribution in [0.25, 0.3) is 0 Å². The average molecular weight is 303 g/mol. The second kappa shape index (κ2) is 6.74. The first kappa shape index (κ1) is 15.5. The molecule has 2 rings (SSSR count). The van der Waals surface area contributed by atoms with E-state index in [9.17, 15) is 15.2 Å². The van der Waals surface area contributed by atoms with E-state index in [1.807, 2.05) is 30.3 Å². The van der Waals surface area contributed by atoms with Crippen molar-refractivity contribution in [3.8, 4) is 0 Å². The number of rotatable bonds is 5. The Morgan fingerprint density at radius 2 is 1.90 bits per heavy atom. The van der Waals surface area contributed by atoms with Crippen molar-refractivity contribution in [1.29, 1.82) is 0 Å². The fourth-order valence-corrected chi connectivity index (χ4v) is 2.99. The second-order valence-electron chi connectivity index (χ2n) is 4.85. The van der Waals surface area contributed by atoms with E-state index < -0.39 is 6.10 Å². The number of benzene rings is 2. The van der Waals surface area contributed by atoms with Gasteiger partial charge in [0, 0.05) is 22.3 Å². The Hall–Kier alpha value is -1.85. The van der Waals surface area contributed by atoms with Gasteiger partial charge in [-0.2, -0.15) is 0 Å². The minimum Gasteiger partial charge on any atom is -0.389 e. The zero-order valence-corrected chi connectivity index (χ0v) is 12.8. The highest BCUT2D eigenvalue weighted by molar-refractivity contribution is 7.98. The summed E-state index contributed by atoms with van der Waals surface area (Å²) < 4.78 is 0. The van der Waals surface area contributed by atoms with Crippen molar-refractivity contribution in [3.63, 3.8) is 0 Å². The number of thioether (sulfide) groups is 1. The van der Waals surface area contributed by atoms with Gasteiger partial charge in [0.05, 0.1) is 11.0 Å². The molecular weight excluding hydrogens is 286 g/mol. The number of hydrogen-bond donors (Lipinski definition) is 1. The number of hydrogen-bond acceptors (Lipinski definition) is 4. The van der Waals surface area contributed by atoms with E-state index in [2.05, 4.69) is 0 Å². The molecule has 1 atom stereocenters. The molecule has 110 valence electrons. The van der Waals surface area contributed by atoms with Gasteiger partial charge in [-0.15, -0.1) is 11.8 Å². The average Bonchev–Trinajstić information content (AvgIpc) is 2.46. The monoisotopic (exact) mass is 303 g/mol. The first-order valence-electron chi connectivity index (χ1n) is 6.62. The minimum atomic E-state index is -0.469. The quantitative estimate of drug-likeness (QED) is 0.509. The molecule has 0 saturated heterocycles. The second-order valence-corrected chi connectivity index (χ2v) is 5.90. The third kappa shape index (κ3) is 3.83. The summed E-state index contributed by atoms with van der Waals surface area (Å²) in [5.41, 5.74) is 2.73. The number of aliphatic hydroxyl groups is 1. The van der Waals surface area contributed by atoms with Gasteiger partial charge < -0.3 is 5.11 Å². The van der Waals surface area contributed by atoms with E-state index in [0.717, 1.165) is 21.6 Å². The largest absolute Gasteiger partial charge is 0.389 e. The number of nitro groups is 1. The summed E-state index contributed by atoms with van der Waals surface area (Å²) in [5.74, 6) is 0.682. The van der Waals surface area contributed by atoms with Crippen LogP contribution in [0.2, 0.25) is 0 Å². The maximum Gasteiger partial charge on any atom is 0.272 e. The van der Waals surface area contributed by atoms with Crippen LogP contribution in [0.15, 0.2) is 47.4 Å². The van der Waals surface area contributed by atoms with Crippen LogP contribution in [0.1, 0.15) is 29.7 Å². The molecule has 0 aromatic heterocycles. The molecule has 0 spiro atoms. The van der Waals surface area contributed by atoms with Crippen LogP contribution in [0.4, 0.5) is 5.69 Å². The predicted octanol–water partition coefficient (Wildman–Crippen LogP) is 4.25. The first-order valence-corrected chi connectivity index (χ1v) is 7.61. The molecule has 0 aliphatic rings. The van der Waals surface area contributed by atoms with Crippen molar-refractivity contribution in [2.24, 2.45) is 0 Å². The molecule has 2 aromatic carbocycles. The molecular formula is C16H17NO3S. The molecule has 0 aliphatic heterocycles. The SMILES string of the molecule is Cc1c(CSc2ccc(C(C)O)cc2)cccc1[N+](=O)[O-]. The summed E-state index contributed by atoms with van der Waals surface area (Å²) in [7, 11) is 0. The highest BCUT2D eigenvalue weighted by Crippen LogP contribution is 2.28. The van der Waals surface area contributed by atoms with Gasteiger partial charge in [-0.25, -0.2) is 0 Å². The van der Waals surface area contributed by atoms with Crippen LogP contribution in [-0.4, -0.2) is 10.0 Å². The highest BCUT2D eigenvalue weighted by Gasteiger charge is 2.13. The summed E-state index contributed by atoms with van der Waals surface area (Å²) >= 11 is 1.62. The summed E-state index contributed by atoms with van der Waals surface area (Å²) in [4.78, 5) is 11.7. The standard InChI is InChI=1S/C16H17NO3S/c1-11-14(4-3-5-16(11)17(19)20)10-21-15-8-6-13(7-9-15)12(2)18/h3-9,12,18H,10H2,1-2H3. The van der Waals surface area contributed by atoms with E-state index >= 15 is 0 Å². The summed E-state index contributed by atoms with van der Waals surface area (Å²) in [5, 5.41) is 20.4. The molecule has 1 N–H and O–H groups in total. The van der Waals surface area contributed by atoms with Gasteiger partial charge in [0.25, 0.3) is 5.69 Å². The molecule has 0 saturated carbocycles. The zero-order valence-electron chi connectivity index (χ0n) is 11.9. The van der Waals surface area contributed by atoms with Crippen LogP contribution in [0.3, 0.4) is 0 Å². The topological polar surface area (TPSA) is 63.4 Å². The molecule has 5 heteroatoms. The van der Waals surface area contributed by atoms with Crippen molar-refractivity contribution in [3.05, 3.63) is 69.3 Å². The first-order chi connectivity index (χ1) is 9.99. The molecule has 4 nitrogen and oxygen atoms in total. The minimum absolute atomic E-state index is 0.164. The maximum atomic E-state index is 10.9. The number of nitro benzene ring substituents is 1. The lowest BCUT2D eigenvalue weighted by Gasteiger charge is -2.08. The predicted molar refractivity (Wildman–Crippen MR) is 84.5 cm³/mol. The van der Waals surface area contributed by atoms with E-state index in [-0.39, 0.29) is 10.6 Å². The molecule has 0 heterocycles. The summed E-state index contributed by atoms with van der Waals surface area (Å²) in [6.07, 6.45) is -0.469. The Labute approximate surface area is 128 Å². The van der Waals surface area contributed by atoms with Crippen molar-refractivity contribution >= 4 is 17.4 Å². The van der Waals surface area contributed by atoms with Crippen LogP contribution < -0.4 is 0 Å². The van der Waals surface area contributed by atoms with E-state index in [1.54, 1.807) is 31.7 Å². The Balaban J connectivity index is 2.09. The Morgan fingerprint density at radius 3 is 2.48 bits per heavy atom. The van der Waals surface area contributed by atoms with Crippen LogP contribution in [-0.2, 0) is 5.75 Å². The fourth-order valence-electron chi connectivity index (χ4n) is 2.03. The third-order valence-electron chi connectivity index (χ3n) is 3.37. The molecule has 0 aliphatic carbocycles. The van der Waals surface area contributed by atoms with Crippen LogP contribution in [0.5, 0.6) is 0 Å². The number of aliphatic hydroxyl groups excluding tert-OH is 1. The van der Waals surface area contributed by atoms with Crippen molar-refractivity contribution in [1.82, 2.24) is 0 Å². The third-order valence-corrected chi connectivity index (χ3v) is 4.43.